The third-order valence-electron chi connectivity index (χ3n) is 0.871. The Morgan fingerprint density at radius 3 is 2.64 bits per heavy atom. The summed E-state index contributed by atoms with van der Waals surface area (Å²) in [7, 11) is 1.35. The zero-order valence-corrected chi connectivity index (χ0v) is 7.18. The molecule has 1 aromatic rings. The normalized spacial score (nSPS) is 11.8. The van der Waals surface area contributed by atoms with E-state index in [1.807, 2.05) is 0 Å². The minimum atomic E-state index is -3.58. The second kappa shape index (κ2) is 2.78. The molecule has 1 aromatic heterocycles. The van der Waals surface area contributed by atoms with E-state index in [0.29, 0.717) is 5.89 Å². The number of rotatable bonds is 2. The number of nitrogens with zero attached hydrogens (tertiary/aromatic N) is 2. The Labute approximate surface area is 67.8 Å². The molecular weight excluding hydrogens is 192 g/mol. The zero-order chi connectivity index (χ0) is 8.48. The predicted octanol–water partition coefficient (Wildman–Crippen LogP) is 0.447. The molecule has 0 radical (unpaired) electrons. The van der Waals surface area contributed by atoms with Crippen LogP contribution in [0.4, 0.5) is 0 Å². The van der Waals surface area contributed by atoms with E-state index < -0.39 is 14.8 Å². The molecule has 0 saturated heterocycles. The van der Waals surface area contributed by atoms with Crippen LogP contribution in [-0.4, -0.2) is 18.6 Å². The molecule has 0 amide bonds. The van der Waals surface area contributed by atoms with Crippen molar-refractivity contribution in [2.24, 2.45) is 0 Å². The average Bonchev–Trinajstić information content (AvgIpc) is 2.10. The van der Waals surface area contributed by atoms with Crippen molar-refractivity contribution in [3.8, 4) is 0 Å². The van der Waals surface area contributed by atoms with Crippen molar-refractivity contribution in [3.05, 3.63) is 11.7 Å². The van der Waals surface area contributed by atoms with E-state index in [-0.39, 0.29) is 5.82 Å². The Balaban J connectivity index is 2.81. The van der Waals surface area contributed by atoms with Gasteiger partial charge in [0.2, 0.25) is 14.9 Å². The molecule has 0 saturated carbocycles. The van der Waals surface area contributed by atoms with Gasteiger partial charge in [-0.15, -0.1) is 0 Å². The monoisotopic (exact) mass is 196 g/mol. The molecule has 0 atom stereocenters. The van der Waals surface area contributed by atoms with Crippen molar-refractivity contribution in [2.75, 3.05) is 0 Å². The Morgan fingerprint density at radius 1 is 1.64 bits per heavy atom. The lowest BCUT2D eigenvalue weighted by atomic mass is 10.7. The van der Waals surface area contributed by atoms with Gasteiger partial charge in [0.05, 0.1) is 0 Å². The predicted molar refractivity (Wildman–Crippen MR) is 37.5 cm³/mol. The fourth-order valence-corrected chi connectivity index (χ4v) is 1.27. The van der Waals surface area contributed by atoms with E-state index in [1.165, 1.54) is 0 Å². The van der Waals surface area contributed by atoms with Crippen LogP contribution in [-0.2, 0) is 14.8 Å². The highest BCUT2D eigenvalue weighted by molar-refractivity contribution is 8.13. The van der Waals surface area contributed by atoms with Crippen LogP contribution in [0.3, 0.4) is 0 Å². The van der Waals surface area contributed by atoms with Crippen LogP contribution in [0.25, 0.3) is 0 Å². The van der Waals surface area contributed by atoms with Crippen LogP contribution in [0, 0.1) is 6.92 Å². The zero-order valence-electron chi connectivity index (χ0n) is 5.61. The van der Waals surface area contributed by atoms with E-state index >= 15 is 0 Å². The number of halogens is 1. The van der Waals surface area contributed by atoms with Crippen molar-refractivity contribution in [2.45, 2.75) is 12.7 Å². The SMILES string of the molecule is Cc1nc(CS(=O)(=O)Cl)no1. The summed E-state index contributed by atoms with van der Waals surface area (Å²) < 4.78 is 25.4. The van der Waals surface area contributed by atoms with Gasteiger partial charge in [-0.2, -0.15) is 4.98 Å². The molecule has 0 spiro atoms. The van der Waals surface area contributed by atoms with Gasteiger partial charge in [-0.1, -0.05) is 5.16 Å². The summed E-state index contributed by atoms with van der Waals surface area (Å²) in [4.78, 5) is 3.65. The first kappa shape index (κ1) is 8.48. The molecule has 11 heavy (non-hydrogen) atoms. The van der Waals surface area contributed by atoms with Crippen molar-refractivity contribution >= 4 is 19.7 Å². The summed E-state index contributed by atoms with van der Waals surface area (Å²) in [6, 6.07) is 0. The van der Waals surface area contributed by atoms with E-state index in [1.54, 1.807) is 6.92 Å². The molecule has 0 N–H and O–H groups in total. The highest BCUT2D eigenvalue weighted by atomic mass is 35.7. The Hall–Kier alpha value is -0.620. The molecule has 1 heterocycles. The molecule has 5 nitrogen and oxygen atoms in total. The molecule has 1 rings (SSSR count). The van der Waals surface area contributed by atoms with Gasteiger partial charge >= 0.3 is 0 Å². The standard InChI is InChI=1S/C4H5ClN2O3S/c1-3-6-4(7-10-3)2-11(5,8)9/h2H2,1H3. The Morgan fingerprint density at radius 2 is 2.27 bits per heavy atom. The summed E-state index contributed by atoms with van der Waals surface area (Å²) in [5, 5.41) is 3.35. The summed E-state index contributed by atoms with van der Waals surface area (Å²) in [6.07, 6.45) is 0. The third kappa shape index (κ3) is 2.85. The number of hydrogen-bond donors (Lipinski definition) is 0. The molecule has 0 aromatic carbocycles. The second-order valence-electron chi connectivity index (χ2n) is 1.91. The highest BCUT2D eigenvalue weighted by Crippen LogP contribution is 2.05. The molecule has 0 fully saturated rings. The number of hydrogen-bond acceptors (Lipinski definition) is 5. The van der Waals surface area contributed by atoms with Crippen molar-refractivity contribution < 1.29 is 12.9 Å². The van der Waals surface area contributed by atoms with Gasteiger partial charge in [0.15, 0.2) is 5.82 Å². The quantitative estimate of drug-likeness (QED) is 0.642. The van der Waals surface area contributed by atoms with Crippen LogP contribution in [0.2, 0.25) is 0 Å². The maximum absolute atomic E-state index is 10.5. The first-order valence-electron chi connectivity index (χ1n) is 2.69. The van der Waals surface area contributed by atoms with Crippen LogP contribution >= 0.6 is 10.7 Å². The summed E-state index contributed by atoms with van der Waals surface area (Å²) in [5.41, 5.74) is 0. The molecular formula is C4H5ClN2O3S. The lowest BCUT2D eigenvalue weighted by molar-refractivity contribution is 0.389. The minimum absolute atomic E-state index is 0.0810. The maximum Gasteiger partial charge on any atom is 0.240 e. The molecule has 7 heteroatoms. The molecule has 0 aliphatic heterocycles. The highest BCUT2D eigenvalue weighted by Gasteiger charge is 2.11. The van der Waals surface area contributed by atoms with Crippen molar-refractivity contribution in [3.63, 3.8) is 0 Å². The van der Waals surface area contributed by atoms with Gasteiger partial charge in [-0.25, -0.2) is 8.42 Å². The minimum Gasteiger partial charge on any atom is -0.340 e. The van der Waals surface area contributed by atoms with E-state index in [9.17, 15) is 8.42 Å². The smallest absolute Gasteiger partial charge is 0.240 e. The number of aryl methyl sites for hydroxylation is 1. The summed E-state index contributed by atoms with van der Waals surface area (Å²) in [6.45, 7) is 1.57. The molecule has 0 unspecified atom stereocenters. The van der Waals surface area contributed by atoms with Crippen molar-refractivity contribution in [1.29, 1.82) is 0 Å². The van der Waals surface area contributed by atoms with Gasteiger partial charge in [0.25, 0.3) is 0 Å². The summed E-state index contributed by atoms with van der Waals surface area (Å²) >= 11 is 0. The first-order chi connectivity index (χ1) is 4.97. The van der Waals surface area contributed by atoms with Gasteiger partial charge in [-0.3, -0.25) is 0 Å². The van der Waals surface area contributed by atoms with Crippen LogP contribution in [0.5, 0.6) is 0 Å². The molecule has 0 aliphatic rings. The largest absolute Gasteiger partial charge is 0.340 e. The van der Waals surface area contributed by atoms with Gasteiger partial charge in [0.1, 0.15) is 5.75 Å². The van der Waals surface area contributed by atoms with Gasteiger partial charge in [-0.05, 0) is 0 Å². The van der Waals surface area contributed by atoms with E-state index in [2.05, 4.69) is 14.7 Å². The third-order valence-corrected chi connectivity index (χ3v) is 1.80. The topological polar surface area (TPSA) is 73.1 Å². The van der Waals surface area contributed by atoms with Crippen molar-refractivity contribution in [1.82, 2.24) is 10.1 Å². The number of aromatic nitrogens is 2. The second-order valence-corrected chi connectivity index (χ2v) is 4.69. The van der Waals surface area contributed by atoms with E-state index in [4.69, 9.17) is 10.7 Å². The average molecular weight is 197 g/mol. The summed E-state index contributed by atoms with van der Waals surface area (Å²) in [5.74, 6) is 0.00383. The Kier molecular flexibility index (Phi) is 2.15. The van der Waals surface area contributed by atoms with Crippen LogP contribution < -0.4 is 0 Å². The van der Waals surface area contributed by atoms with E-state index in [0.717, 1.165) is 0 Å². The fourth-order valence-electron chi connectivity index (χ4n) is 0.554. The van der Waals surface area contributed by atoms with Crippen LogP contribution in [0.15, 0.2) is 4.52 Å². The lowest BCUT2D eigenvalue weighted by Gasteiger charge is -1.84. The van der Waals surface area contributed by atoms with Gasteiger partial charge in [0, 0.05) is 17.6 Å². The van der Waals surface area contributed by atoms with Crippen LogP contribution in [0.1, 0.15) is 11.7 Å². The Bertz CT molecular complexity index is 344. The maximum atomic E-state index is 10.5. The van der Waals surface area contributed by atoms with Gasteiger partial charge < -0.3 is 4.52 Å². The lowest BCUT2D eigenvalue weighted by Crippen LogP contribution is -1.96. The molecule has 62 valence electrons. The molecule has 0 aliphatic carbocycles. The first-order valence-corrected chi connectivity index (χ1v) is 5.17. The fraction of sp³-hybridized carbons (Fsp3) is 0.500. The molecule has 0 bridgehead atoms.